The van der Waals surface area contributed by atoms with Gasteiger partial charge in [0.2, 0.25) is 10.0 Å². The standard InChI is InChI=1S/C22H27FN4O3S/c23-18-7-9-20(10-8-18)25-12-4-13-26(16-15-25)22(28)24-19-11-14-27(17-19)31(29,30)21-5-2-1-3-6-21/h1-3,5-10,19H,4,11-17H2,(H,24,28)/t19-/m0/s1. The Kier molecular flexibility index (Phi) is 6.43. The maximum atomic E-state index is 13.2. The number of nitrogens with zero attached hydrogens (tertiary/aromatic N) is 3. The molecule has 166 valence electrons. The number of urea groups is 1. The molecule has 4 rings (SSSR count). The molecule has 2 heterocycles. The molecule has 7 nitrogen and oxygen atoms in total. The van der Waals surface area contributed by atoms with Gasteiger partial charge in [0.05, 0.1) is 4.90 Å². The third kappa shape index (κ3) is 4.99. The van der Waals surface area contributed by atoms with Crippen molar-refractivity contribution in [2.45, 2.75) is 23.8 Å². The molecule has 1 N–H and O–H groups in total. The Labute approximate surface area is 182 Å². The Morgan fingerprint density at radius 3 is 2.42 bits per heavy atom. The van der Waals surface area contributed by atoms with E-state index >= 15 is 0 Å². The molecule has 2 saturated heterocycles. The summed E-state index contributed by atoms with van der Waals surface area (Å²) in [7, 11) is -3.54. The number of nitrogens with one attached hydrogen (secondary N) is 1. The summed E-state index contributed by atoms with van der Waals surface area (Å²) < 4.78 is 40.2. The number of carbonyl (C=O) groups excluding carboxylic acids is 1. The number of sulfonamides is 1. The van der Waals surface area contributed by atoms with Crippen LogP contribution in [0.2, 0.25) is 0 Å². The van der Waals surface area contributed by atoms with E-state index in [-0.39, 0.29) is 29.3 Å². The van der Waals surface area contributed by atoms with Gasteiger partial charge in [0.15, 0.2) is 0 Å². The van der Waals surface area contributed by atoms with Crippen molar-refractivity contribution in [1.82, 2.24) is 14.5 Å². The van der Waals surface area contributed by atoms with E-state index in [0.717, 1.165) is 18.7 Å². The summed E-state index contributed by atoms with van der Waals surface area (Å²) in [5.74, 6) is -0.264. The summed E-state index contributed by atoms with van der Waals surface area (Å²) in [5.41, 5.74) is 0.946. The summed E-state index contributed by atoms with van der Waals surface area (Å²) in [5, 5.41) is 3.00. The predicted molar refractivity (Wildman–Crippen MR) is 117 cm³/mol. The Bertz CT molecular complexity index is 1000. The van der Waals surface area contributed by atoms with Crippen molar-refractivity contribution < 1.29 is 17.6 Å². The maximum Gasteiger partial charge on any atom is 0.317 e. The molecule has 2 aromatic rings. The molecular weight excluding hydrogens is 419 g/mol. The minimum atomic E-state index is -3.54. The van der Waals surface area contributed by atoms with Crippen molar-refractivity contribution in [3.8, 4) is 0 Å². The lowest BCUT2D eigenvalue weighted by Gasteiger charge is -2.25. The Hall–Kier alpha value is -2.65. The van der Waals surface area contributed by atoms with E-state index in [1.807, 2.05) is 0 Å². The van der Waals surface area contributed by atoms with Gasteiger partial charge >= 0.3 is 6.03 Å². The second-order valence-electron chi connectivity index (χ2n) is 7.92. The summed E-state index contributed by atoms with van der Waals surface area (Å²) in [6.07, 6.45) is 1.40. The number of benzene rings is 2. The highest BCUT2D eigenvalue weighted by Gasteiger charge is 2.34. The summed E-state index contributed by atoms with van der Waals surface area (Å²) in [6.45, 7) is 3.31. The molecule has 0 spiro atoms. The van der Waals surface area contributed by atoms with Crippen LogP contribution in [0.1, 0.15) is 12.8 Å². The van der Waals surface area contributed by atoms with Crippen molar-refractivity contribution >= 4 is 21.7 Å². The van der Waals surface area contributed by atoms with Gasteiger partial charge in [-0.2, -0.15) is 4.31 Å². The van der Waals surface area contributed by atoms with E-state index in [4.69, 9.17) is 0 Å². The average molecular weight is 447 g/mol. The number of anilines is 1. The first-order valence-electron chi connectivity index (χ1n) is 10.5. The van der Waals surface area contributed by atoms with Crippen molar-refractivity contribution in [3.63, 3.8) is 0 Å². The zero-order chi connectivity index (χ0) is 21.8. The number of halogens is 1. The summed E-state index contributed by atoms with van der Waals surface area (Å²) in [6, 6.07) is 14.4. The number of rotatable bonds is 4. The van der Waals surface area contributed by atoms with Crippen LogP contribution in [0.5, 0.6) is 0 Å². The first-order chi connectivity index (χ1) is 14.9. The van der Waals surface area contributed by atoms with E-state index in [2.05, 4.69) is 10.2 Å². The predicted octanol–water partition coefficient (Wildman–Crippen LogP) is 2.51. The summed E-state index contributed by atoms with van der Waals surface area (Å²) >= 11 is 0. The third-order valence-electron chi connectivity index (χ3n) is 5.83. The molecule has 1 atom stereocenters. The lowest BCUT2D eigenvalue weighted by molar-refractivity contribution is 0.197. The summed E-state index contributed by atoms with van der Waals surface area (Å²) in [4.78, 5) is 17.0. The van der Waals surface area contributed by atoms with Gasteiger partial charge in [0.1, 0.15) is 5.82 Å². The molecule has 2 fully saturated rings. The maximum absolute atomic E-state index is 13.2. The van der Waals surface area contributed by atoms with E-state index in [0.29, 0.717) is 32.6 Å². The van der Waals surface area contributed by atoms with Crippen molar-refractivity contribution in [2.75, 3.05) is 44.2 Å². The minimum absolute atomic E-state index is 0.162. The lowest BCUT2D eigenvalue weighted by Crippen LogP contribution is -2.47. The van der Waals surface area contributed by atoms with Crippen LogP contribution < -0.4 is 10.2 Å². The monoisotopic (exact) mass is 446 g/mol. The lowest BCUT2D eigenvalue weighted by atomic mass is 10.2. The normalized spacial score (nSPS) is 20.5. The molecular formula is C22H27FN4O3S. The second kappa shape index (κ2) is 9.23. The average Bonchev–Trinajstić information content (AvgIpc) is 3.11. The van der Waals surface area contributed by atoms with Gasteiger partial charge in [-0.15, -0.1) is 0 Å². The highest BCUT2D eigenvalue weighted by molar-refractivity contribution is 7.89. The molecule has 0 aliphatic carbocycles. The van der Waals surface area contributed by atoms with Gasteiger partial charge in [-0.25, -0.2) is 17.6 Å². The third-order valence-corrected chi connectivity index (χ3v) is 7.71. The van der Waals surface area contributed by atoms with Crippen LogP contribution in [0, 0.1) is 5.82 Å². The molecule has 0 aromatic heterocycles. The van der Waals surface area contributed by atoms with Crippen LogP contribution in [0.3, 0.4) is 0 Å². The van der Waals surface area contributed by atoms with Crippen LogP contribution in [-0.4, -0.2) is 69.0 Å². The van der Waals surface area contributed by atoms with Crippen LogP contribution in [0.15, 0.2) is 59.5 Å². The molecule has 31 heavy (non-hydrogen) atoms. The first-order valence-corrected chi connectivity index (χ1v) is 12.0. The van der Waals surface area contributed by atoms with E-state index in [1.54, 1.807) is 47.4 Å². The Morgan fingerprint density at radius 1 is 0.935 bits per heavy atom. The fourth-order valence-electron chi connectivity index (χ4n) is 4.10. The number of hydrogen-bond acceptors (Lipinski definition) is 4. The molecule has 2 aromatic carbocycles. The zero-order valence-corrected chi connectivity index (χ0v) is 18.1. The van der Waals surface area contributed by atoms with Gasteiger partial charge in [-0.3, -0.25) is 0 Å². The molecule has 0 bridgehead atoms. The molecule has 2 aliphatic rings. The van der Waals surface area contributed by atoms with Gasteiger partial charge in [-0.1, -0.05) is 18.2 Å². The van der Waals surface area contributed by atoms with Crippen LogP contribution in [-0.2, 0) is 10.0 Å². The van der Waals surface area contributed by atoms with E-state index < -0.39 is 10.0 Å². The van der Waals surface area contributed by atoms with Crippen LogP contribution >= 0.6 is 0 Å². The van der Waals surface area contributed by atoms with Gasteiger partial charge in [-0.05, 0) is 49.2 Å². The zero-order valence-electron chi connectivity index (χ0n) is 17.3. The number of amides is 2. The highest BCUT2D eigenvalue weighted by Crippen LogP contribution is 2.21. The SMILES string of the molecule is O=C(N[C@H]1CCN(S(=O)(=O)c2ccccc2)C1)N1CCCN(c2ccc(F)cc2)CC1. The van der Waals surface area contributed by atoms with Gasteiger partial charge < -0.3 is 15.1 Å². The van der Waals surface area contributed by atoms with Crippen molar-refractivity contribution in [1.29, 1.82) is 0 Å². The fraction of sp³-hybridized carbons (Fsp3) is 0.409. The van der Waals surface area contributed by atoms with Crippen molar-refractivity contribution in [2.24, 2.45) is 0 Å². The van der Waals surface area contributed by atoms with Crippen LogP contribution in [0.4, 0.5) is 14.9 Å². The van der Waals surface area contributed by atoms with Crippen LogP contribution in [0.25, 0.3) is 0 Å². The molecule has 0 unspecified atom stereocenters. The fourth-order valence-corrected chi connectivity index (χ4v) is 5.62. The number of hydrogen-bond donors (Lipinski definition) is 1. The second-order valence-corrected chi connectivity index (χ2v) is 9.85. The highest BCUT2D eigenvalue weighted by atomic mass is 32.2. The van der Waals surface area contributed by atoms with E-state index in [9.17, 15) is 17.6 Å². The molecule has 2 amide bonds. The number of carbonyl (C=O) groups is 1. The largest absolute Gasteiger partial charge is 0.370 e. The van der Waals surface area contributed by atoms with Gasteiger partial charge in [0, 0.05) is 51.0 Å². The molecule has 0 radical (unpaired) electrons. The molecule has 0 saturated carbocycles. The topological polar surface area (TPSA) is 73.0 Å². The Balaban J connectivity index is 1.31. The smallest absolute Gasteiger partial charge is 0.317 e. The quantitative estimate of drug-likeness (QED) is 0.783. The molecule has 9 heteroatoms. The molecule has 2 aliphatic heterocycles. The first kappa shape index (κ1) is 21.6. The van der Waals surface area contributed by atoms with Crippen molar-refractivity contribution in [3.05, 3.63) is 60.4 Å². The minimum Gasteiger partial charge on any atom is -0.370 e. The van der Waals surface area contributed by atoms with Gasteiger partial charge in [0.25, 0.3) is 0 Å². The van der Waals surface area contributed by atoms with E-state index in [1.165, 1.54) is 16.4 Å². The Morgan fingerprint density at radius 2 is 1.68 bits per heavy atom.